The Morgan fingerprint density at radius 1 is 0.170 bits per heavy atom. The van der Waals surface area contributed by atoms with Crippen molar-refractivity contribution >= 4 is 23.9 Å². The summed E-state index contributed by atoms with van der Waals surface area (Å²) in [5, 5.41) is 0. The minimum Gasteiger partial charge on any atom is -0.462 e. The van der Waals surface area contributed by atoms with Gasteiger partial charge in [-0.1, -0.05) is 426 Å². The largest absolute Gasteiger partial charge is 0.462 e. The fourth-order valence-electron chi connectivity index (χ4n) is 11.4. The van der Waals surface area contributed by atoms with Crippen LogP contribution in [-0.4, -0.2) is 50.3 Å². The van der Waals surface area contributed by atoms with Gasteiger partial charge in [-0.3, -0.25) is 0 Å². The molecular formula is C86H164O8. The van der Waals surface area contributed by atoms with Gasteiger partial charge in [-0.05, 0) is 53.4 Å². The molecule has 0 saturated heterocycles. The average molecular weight is 1330 g/mol. The van der Waals surface area contributed by atoms with Gasteiger partial charge < -0.3 is 18.9 Å². The molecular weight excluding hydrogens is 1160 g/mol. The normalized spacial score (nSPS) is 10.7. The summed E-state index contributed by atoms with van der Waals surface area (Å²) in [6, 6.07) is 0. The topological polar surface area (TPSA) is 105 Å². The highest BCUT2D eigenvalue weighted by Crippen LogP contribution is 2.19. The lowest BCUT2D eigenvalue weighted by Gasteiger charge is -2.05. The maximum atomic E-state index is 11.2. The zero-order chi connectivity index (χ0) is 70.1. The zero-order valence-electron chi connectivity index (χ0n) is 64.8. The zero-order valence-corrected chi connectivity index (χ0v) is 64.8. The van der Waals surface area contributed by atoms with Crippen molar-refractivity contribution < 1.29 is 38.1 Å². The minimum absolute atomic E-state index is 0.253. The molecule has 0 N–H and O–H groups in total. The third kappa shape index (κ3) is 90.9. The second-order valence-corrected chi connectivity index (χ2v) is 28.2. The smallest absolute Gasteiger partial charge is 0.333 e. The van der Waals surface area contributed by atoms with E-state index in [9.17, 15) is 19.2 Å². The Morgan fingerprint density at radius 2 is 0.255 bits per heavy atom. The van der Waals surface area contributed by atoms with Gasteiger partial charge in [-0.15, -0.1) is 0 Å². The monoisotopic (exact) mass is 1330 g/mol. The molecule has 0 atom stereocenters. The van der Waals surface area contributed by atoms with Gasteiger partial charge in [0.25, 0.3) is 0 Å². The second kappa shape index (κ2) is 85.9. The van der Waals surface area contributed by atoms with Crippen molar-refractivity contribution in [2.45, 2.75) is 453 Å². The molecule has 0 aromatic rings. The van der Waals surface area contributed by atoms with Crippen LogP contribution in [0, 0.1) is 0 Å². The van der Waals surface area contributed by atoms with Crippen LogP contribution < -0.4 is 0 Å². The maximum absolute atomic E-state index is 11.2. The molecule has 556 valence electrons. The number of carbonyl (C=O) groups is 4. The minimum atomic E-state index is -0.255. The van der Waals surface area contributed by atoms with E-state index in [1.54, 1.807) is 27.7 Å². The van der Waals surface area contributed by atoms with E-state index in [1.807, 2.05) is 0 Å². The molecule has 0 fully saturated rings. The molecule has 94 heavy (non-hydrogen) atoms. The molecule has 0 saturated carbocycles. The number of rotatable bonds is 70. The van der Waals surface area contributed by atoms with Crippen LogP contribution in [0.15, 0.2) is 48.6 Å². The van der Waals surface area contributed by atoms with Crippen molar-refractivity contribution in [3.8, 4) is 0 Å². The Labute approximate surface area is 587 Å². The van der Waals surface area contributed by atoms with Gasteiger partial charge in [-0.25, -0.2) is 19.2 Å². The summed E-state index contributed by atoms with van der Waals surface area (Å²) in [5.74, 6) is -1.02. The Hall–Kier alpha value is -3.16. The van der Waals surface area contributed by atoms with E-state index in [0.717, 1.165) is 25.7 Å². The van der Waals surface area contributed by atoms with E-state index in [1.165, 1.54) is 372 Å². The molecule has 0 heterocycles. The van der Waals surface area contributed by atoms with Crippen LogP contribution in [-0.2, 0) is 38.1 Å². The molecule has 8 heteroatoms. The Bertz CT molecular complexity index is 1630. The summed E-state index contributed by atoms with van der Waals surface area (Å²) >= 11 is 0. The predicted octanol–water partition coefficient (Wildman–Crippen LogP) is 28.7. The van der Waals surface area contributed by atoms with Crippen molar-refractivity contribution in [1.82, 2.24) is 0 Å². The van der Waals surface area contributed by atoms with Crippen molar-refractivity contribution in [3.63, 3.8) is 0 Å². The molecule has 0 aromatic carbocycles. The molecule has 0 rings (SSSR count). The van der Waals surface area contributed by atoms with Crippen molar-refractivity contribution in [2.24, 2.45) is 0 Å². The third-order valence-corrected chi connectivity index (χ3v) is 17.8. The van der Waals surface area contributed by atoms with Gasteiger partial charge in [0.1, 0.15) is 0 Å². The highest BCUT2D eigenvalue weighted by Gasteiger charge is 2.06. The van der Waals surface area contributed by atoms with Gasteiger partial charge >= 0.3 is 23.9 Å². The molecule has 0 aliphatic heterocycles. The van der Waals surface area contributed by atoms with Crippen LogP contribution in [0.4, 0.5) is 0 Å². The third-order valence-electron chi connectivity index (χ3n) is 17.8. The number of unbranched alkanes of at least 4 members (excludes halogenated alkanes) is 58. The molecule has 0 aliphatic rings. The summed E-state index contributed by atoms with van der Waals surface area (Å²) < 4.78 is 20.3. The van der Waals surface area contributed by atoms with E-state index in [-0.39, 0.29) is 23.9 Å². The first-order valence-electron chi connectivity index (χ1n) is 41.0. The molecule has 0 aromatic heterocycles. The Kier molecular flexibility index (Phi) is 88.9. The standard InChI is InChI=1S/C23H44O2.C22H42O2.C21H40O2.C20H38O2/c1-4-5-6-7-8-9-10-11-12-13-14-15-16-17-18-19-20-21-25-23(24)22(2)3;1-4-5-6-7-8-9-10-11-12-13-14-15-16-17-18-19-20-24-22(23)21(2)3;1-4-5-6-7-8-9-10-11-12-13-14-15-16-17-18-19-23-21(22)20(2)3;1-4-5-6-7-8-9-10-11-12-13-14-15-16-17-18-22-20(21)19(2)3/h2,4-21H2,1,3H3;2,4-20H2,1,3H3;2,4-19H2,1,3H3;2,4-18H2,1,3H3. The number of hydrogen-bond donors (Lipinski definition) is 0. The highest BCUT2D eigenvalue weighted by atomic mass is 16.5. The Balaban J connectivity index is -0.000000575. The number of esters is 4. The van der Waals surface area contributed by atoms with Crippen LogP contribution in [0.25, 0.3) is 0 Å². The maximum Gasteiger partial charge on any atom is 0.333 e. The van der Waals surface area contributed by atoms with Crippen LogP contribution in [0.2, 0.25) is 0 Å². The SMILES string of the molecule is C=C(C)C(=O)OCCCCCCCCCCCCCCCC.C=C(C)C(=O)OCCCCCCCCCCCCCCCCC.C=C(C)C(=O)OCCCCCCCCCCCCCCCCCC.C=C(C)C(=O)OCCCCCCCCCCCCCCCCCCC. The number of ether oxygens (including phenoxy) is 4. The first kappa shape index (κ1) is 97.2. The molecule has 0 aliphatic carbocycles. The summed E-state index contributed by atoms with van der Waals surface area (Å²) in [6.45, 7) is 32.3. The van der Waals surface area contributed by atoms with Gasteiger partial charge in [0.05, 0.1) is 26.4 Å². The van der Waals surface area contributed by atoms with Gasteiger partial charge in [-0.2, -0.15) is 0 Å². The fraction of sp³-hybridized carbons (Fsp3) is 0.860. The fourth-order valence-corrected chi connectivity index (χ4v) is 11.4. The summed E-state index contributed by atoms with van der Waals surface area (Å²) in [4.78, 5) is 44.7. The summed E-state index contributed by atoms with van der Waals surface area (Å²) in [6.07, 6.45) is 84.0. The number of hydrogen-bond acceptors (Lipinski definition) is 8. The molecule has 0 amide bonds. The summed E-state index contributed by atoms with van der Waals surface area (Å²) in [5.41, 5.74) is 1.97. The van der Waals surface area contributed by atoms with Crippen LogP contribution in [0.1, 0.15) is 453 Å². The average Bonchev–Trinajstić information content (AvgIpc) is 3.62. The summed E-state index contributed by atoms with van der Waals surface area (Å²) in [7, 11) is 0. The van der Waals surface area contributed by atoms with E-state index < -0.39 is 0 Å². The lowest BCUT2D eigenvalue weighted by molar-refractivity contribution is -0.139. The van der Waals surface area contributed by atoms with Gasteiger partial charge in [0.2, 0.25) is 0 Å². The molecule has 0 bridgehead atoms. The molecule has 0 radical (unpaired) electrons. The first-order chi connectivity index (χ1) is 45.7. The highest BCUT2D eigenvalue weighted by molar-refractivity contribution is 5.88. The predicted molar refractivity (Wildman–Crippen MR) is 412 cm³/mol. The van der Waals surface area contributed by atoms with Crippen LogP contribution in [0.3, 0.4) is 0 Å². The lowest BCUT2D eigenvalue weighted by atomic mass is 10.0. The molecule has 8 nitrogen and oxygen atoms in total. The van der Waals surface area contributed by atoms with E-state index in [2.05, 4.69) is 54.0 Å². The van der Waals surface area contributed by atoms with Crippen molar-refractivity contribution in [1.29, 1.82) is 0 Å². The van der Waals surface area contributed by atoms with Crippen LogP contribution in [0.5, 0.6) is 0 Å². The second-order valence-electron chi connectivity index (χ2n) is 28.2. The quantitative estimate of drug-likeness (QED) is 0.0257. The first-order valence-corrected chi connectivity index (χ1v) is 41.0. The Morgan fingerprint density at radius 3 is 0.340 bits per heavy atom. The van der Waals surface area contributed by atoms with E-state index in [0.29, 0.717) is 48.7 Å². The molecule has 0 spiro atoms. The van der Waals surface area contributed by atoms with Crippen molar-refractivity contribution in [2.75, 3.05) is 26.4 Å². The van der Waals surface area contributed by atoms with Gasteiger partial charge in [0.15, 0.2) is 0 Å². The number of carbonyl (C=O) groups excluding carboxylic acids is 4. The van der Waals surface area contributed by atoms with Crippen LogP contribution >= 0.6 is 0 Å². The van der Waals surface area contributed by atoms with E-state index >= 15 is 0 Å². The van der Waals surface area contributed by atoms with Gasteiger partial charge in [0, 0.05) is 22.3 Å². The van der Waals surface area contributed by atoms with E-state index in [4.69, 9.17) is 18.9 Å². The van der Waals surface area contributed by atoms with Crippen molar-refractivity contribution in [3.05, 3.63) is 48.6 Å². The lowest BCUT2D eigenvalue weighted by Crippen LogP contribution is -2.05. The molecule has 0 unspecified atom stereocenters.